The molecular formula is C14H27NO3. The standard InChI is InChI=1S/C14H27NO3/c1-12(10-14(16)17)13-6-5-8-15(11-13)7-3-4-9-18-2/h12-13H,3-11H2,1-2H3,(H,16,17). The Hall–Kier alpha value is -0.610. The maximum absolute atomic E-state index is 10.8. The number of carbonyl (C=O) groups is 1. The van der Waals surface area contributed by atoms with E-state index >= 15 is 0 Å². The topological polar surface area (TPSA) is 49.8 Å². The molecule has 1 heterocycles. The highest BCUT2D eigenvalue weighted by molar-refractivity contribution is 5.66. The Bertz CT molecular complexity index is 245. The molecule has 106 valence electrons. The number of carboxylic acids is 1. The van der Waals surface area contributed by atoms with Crippen molar-refractivity contribution >= 4 is 5.97 Å². The van der Waals surface area contributed by atoms with E-state index in [1.165, 1.54) is 25.8 Å². The average molecular weight is 257 g/mol. The van der Waals surface area contributed by atoms with E-state index in [1.54, 1.807) is 7.11 Å². The first kappa shape index (κ1) is 15.4. The van der Waals surface area contributed by atoms with Crippen molar-refractivity contribution in [3.05, 3.63) is 0 Å². The summed E-state index contributed by atoms with van der Waals surface area (Å²) in [5, 5.41) is 8.85. The molecule has 0 amide bonds. The third-order valence-electron chi connectivity index (χ3n) is 3.92. The van der Waals surface area contributed by atoms with Crippen LogP contribution in [0.25, 0.3) is 0 Å². The summed E-state index contributed by atoms with van der Waals surface area (Å²) in [6.07, 6.45) is 4.99. The van der Waals surface area contributed by atoms with Crippen molar-refractivity contribution < 1.29 is 14.6 Å². The van der Waals surface area contributed by atoms with Crippen LogP contribution in [0.4, 0.5) is 0 Å². The largest absolute Gasteiger partial charge is 0.481 e. The van der Waals surface area contributed by atoms with E-state index in [1.807, 2.05) is 0 Å². The Labute approximate surface area is 110 Å². The normalized spacial score (nSPS) is 22.9. The molecule has 0 aromatic heterocycles. The van der Waals surface area contributed by atoms with Gasteiger partial charge >= 0.3 is 5.97 Å². The van der Waals surface area contributed by atoms with E-state index in [4.69, 9.17) is 9.84 Å². The van der Waals surface area contributed by atoms with Crippen molar-refractivity contribution in [2.45, 2.75) is 39.0 Å². The maximum atomic E-state index is 10.8. The fourth-order valence-corrected chi connectivity index (χ4v) is 2.78. The first-order chi connectivity index (χ1) is 8.63. The summed E-state index contributed by atoms with van der Waals surface area (Å²) < 4.78 is 5.05. The summed E-state index contributed by atoms with van der Waals surface area (Å²) in [6.45, 7) is 6.28. The van der Waals surface area contributed by atoms with Crippen LogP contribution in [0.1, 0.15) is 39.0 Å². The van der Waals surface area contributed by atoms with E-state index in [0.717, 1.165) is 26.1 Å². The van der Waals surface area contributed by atoms with Crippen LogP contribution in [0.2, 0.25) is 0 Å². The number of rotatable bonds is 8. The number of methoxy groups -OCH3 is 1. The van der Waals surface area contributed by atoms with Gasteiger partial charge in [-0.3, -0.25) is 4.79 Å². The first-order valence-electron chi connectivity index (χ1n) is 7.06. The summed E-state index contributed by atoms with van der Waals surface area (Å²) >= 11 is 0. The summed E-state index contributed by atoms with van der Waals surface area (Å²) in [5.41, 5.74) is 0. The lowest BCUT2D eigenvalue weighted by Gasteiger charge is -2.35. The van der Waals surface area contributed by atoms with Crippen LogP contribution in [0.15, 0.2) is 0 Å². The van der Waals surface area contributed by atoms with E-state index in [2.05, 4.69) is 11.8 Å². The Morgan fingerprint density at radius 1 is 1.50 bits per heavy atom. The van der Waals surface area contributed by atoms with Gasteiger partial charge in [0.1, 0.15) is 0 Å². The number of hydrogen-bond donors (Lipinski definition) is 1. The van der Waals surface area contributed by atoms with E-state index < -0.39 is 5.97 Å². The Morgan fingerprint density at radius 3 is 2.94 bits per heavy atom. The molecule has 0 aromatic rings. The van der Waals surface area contributed by atoms with Gasteiger partial charge in [0.15, 0.2) is 0 Å². The maximum Gasteiger partial charge on any atom is 0.303 e. The van der Waals surface area contributed by atoms with Crippen LogP contribution in [0, 0.1) is 11.8 Å². The molecule has 1 aliphatic rings. The molecule has 0 aromatic carbocycles. The number of piperidine rings is 1. The van der Waals surface area contributed by atoms with E-state index in [-0.39, 0.29) is 0 Å². The van der Waals surface area contributed by atoms with Gasteiger partial charge in [0.25, 0.3) is 0 Å². The second-order valence-electron chi connectivity index (χ2n) is 5.48. The van der Waals surface area contributed by atoms with Gasteiger partial charge in [-0.15, -0.1) is 0 Å². The fourth-order valence-electron chi connectivity index (χ4n) is 2.78. The minimum absolute atomic E-state index is 0.296. The second-order valence-corrected chi connectivity index (χ2v) is 5.48. The number of unbranched alkanes of at least 4 members (excludes halogenated alkanes) is 1. The molecule has 0 aliphatic carbocycles. The fraction of sp³-hybridized carbons (Fsp3) is 0.929. The zero-order valence-corrected chi connectivity index (χ0v) is 11.7. The molecule has 4 nitrogen and oxygen atoms in total. The monoisotopic (exact) mass is 257 g/mol. The third kappa shape index (κ3) is 5.83. The van der Waals surface area contributed by atoms with Crippen LogP contribution < -0.4 is 0 Å². The Balaban J connectivity index is 2.25. The van der Waals surface area contributed by atoms with Crippen molar-refractivity contribution in [1.82, 2.24) is 4.90 Å². The van der Waals surface area contributed by atoms with Gasteiger partial charge in [-0.25, -0.2) is 0 Å². The lowest BCUT2D eigenvalue weighted by molar-refractivity contribution is -0.138. The van der Waals surface area contributed by atoms with Crippen LogP contribution in [-0.2, 0) is 9.53 Å². The molecule has 1 aliphatic heterocycles. The molecule has 4 heteroatoms. The molecule has 0 spiro atoms. The summed E-state index contributed by atoms with van der Waals surface area (Å²) in [4.78, 5) is 13.2. The summed E-state index contributed by atoms with van der Waals surface area (Å²) in [7, 11) is 1.74. The smallest absolute Gasteiger partial charge is 0.303 e. The van der Waals surface area contributed by atoms with Crippen molar-refractivity contribution in [2.75, 3.05) is 33.4 Å². The highest BCUT2D eigenvalue weighted by atomic mass is 16.5. The average Bonchev–Trinajstić information content (AvgIpc) is 2.34. The predicted molar refractivity (Wildman–Crippen MR) is 71.7 cm³/mol. The SMILES string of the molecule is COCCCCN1CCCC(C(C)CC(=O)O)C1. The van der Waals surface area contributed by atoms with E-state index in [9.17, 15) is 4.79 Å². The molecule has 2 unspecified atom stereocenters. The Morgan fingerprint density at radius 2 is 2.28 bits per heavy atom. The van der Waals surface area contributed by atoms with Gasteiger partial charge in [-0.05, 0) is 50.6 Å². The molecule has 0 bridgehead atoms. The van der Waals surface area contributed by atoms with Gasteiger partial charge in [0.2, 0.25) is 0 Å². The Kier molecular flexibility index (Phi) is 7.28. The van der Waals surface area contributed by atoms with Gasteiger partial charge in [-0.1, -0.05) is 6.92 Å². The van der Waals surface area contributed by atoms with E-state index in [0.29, 0.717) is 18.3 Å². The lowest BCUT2D eigenvalue weighted by atomic mass is 9.84. The molecular weight excluding hydrogens is 230 g/mol. The minimum atomic E-state index is -0.667. The molecule has 1 fully saturated rings. The van der Waals surface area contributed by atoms with Crippen molar-refractivity contribution in [1.29, 1.82) is 0 Å². The molecule has 1 rings (SSSR count). The minimum Gasteiger partial charge on any atom is -0.481 e. The number of likely N-dealkylation sites (tertiary alicyclic amines) is 1. The number of nitrogens with zero attached hydrogens (tertiary/aromatic N) is 1. The second kappa shape index (κ2) is 8.48. The summed E-state index contributed by atoms with van der Waals surface area (Å²) in [6, 6.07) is 0. The van der Waals surface area contributed by atoms with Crippen LogP contribution in [0.3, 0.4) is 0 Å². The first-order valence-corrected chi connectivity index (χ1v) is 7.06. The number of aliphatic carboxylic acids is 1. The number of hydrogen-bond acceptors (Lipinski definition) is 3. The third-order valence-corrected chi connectivity index (χ3v) is 3.92. The molecule has 18 heavy (non-hydrogen) atoms. The van der Waals surface area contributed by atoms with Crippen molar-refractivity contribution in [2.24, 2.45) is 11.8 Å². The van der Waals surface area contributed by atoms with Crippen molar-refractivity contribution in [3.8, 4) is 0 Å². The van der Waals surface area contributed by atoms with Crippen LogP contribution in [0.5, 0.6) is 0 Å². The number of ether oxygens (including phenoxy) is 1. The lowest BCUT2D eigenvalue weighted by Crippen LogP contribution is -2.38. The predicted octanol–water partition coefficient (Wildman–Crippen LogP) is 2.24. The quantitative estimate of drug-likeness (QED) is 0.677. The van der Waals surface area contributed by atoms with Crippen LogP contribution in [-0.4, -0.2) is 49.3 Å². The van der Waals surface area contributed by atoms with Gasteiger partial charge in [0.05, 0.1) is 0 Å². The van der Waals surface area contributed by atoms with Crippen LogP contribution >= 0.6 is 0 Å². The highest BCUT2D eigenvalue weighted by Gasteiger charge is 2.25. The van der Waals surface area contributed by atoms with Gasteiger partial charge in [0, 0.05) is 26.7 Å². The van der Waals surface area contributed by atoms with Gasteiger partial charge in [-0.2, -0.15) is 0 Å². The molecule has 0 saturated carbocycles. The highest BCUT2D eigenvalue weighted by Crippen LogP contribution is 2.26. The zero-order chi connectivity index (χ0) is 13.4. The molecule has 1 N–H and O–H groups in total. The molecule has 2 atom stereocenters. The van der Waals surface area contributed by atoms with Crippen molar-refractivity contribution in [3.63, 3.8) is 0 Å². The van der Waals surface area contributed by atoms with Gasteiger partial charge < -0.3 is 14.7 Å². The zero-order valence-electron chi connectivity index (χ0n) is 11.7. The molecule has 0 radical (unpaired) electrons. The number of carboxylic acid groups (broad SMARTS) is 1. The summed E-state index contributed by atoms with van der Waals surface area (Å²) in [5.74, 6) is 0.182. The molecule has 1 saturated heterocycles.